The minimum atomic E-state index is -0.353. The van der Waals surface area contributed by atoms with Gasteiger partial charge >= 0.3 is 0 Å². The first-order chi connectivity index (χ1) is 13.3. The fourth-order valence-electron chi connectivity index (χ4n) is 4.44. The molecule has 1 N–H and O–H groups in total. The fraction of sp³-hybridized carbons (Fsp3) is 0.391. The van der Waals surface area contributed by atoms with E-state index in [0.29, 0.717) is 11.7 Å². The van der Waals surface area contributed by atoms with Gasteiger partial charge in [-0.3, -0.25) is 10.1 Å². The lowest BCUT2D eigenvalue weighted by Crippen LogP contribution is -2.29. The number of fused-ring (bicyclic) bond motifs is 3. The van der Waals surface area contributed by atoms with Gasteiger partial charge in [0.2, 0.25) is 0 Å². The Kier molecular flexibility index (Phi) is 4.41. The van der Waals surface area contributed by atoms with Crippen LogP contribution in [0.15, 0.2) is 48.6 Å². The summed E-state index contributed by atoms with van der Waals surface area (Å²) in [6.07, 6.45) is 5.33. The highest BCUT2D eigenvalue weighted by molar-refractivity contribution is 5.71. The smallest absolute Gasteiger partial charge is 0.273 e. The molecule has 0 fully saturated rings. The van der Waals surface area contributed by atoms with Crippen LogP contribution in [-0.4, -0.2) is 12.0 Å². The first-order valence-corrected chi connectivity index (χ1v) is 9.69. The monoisotopic (exact) mass is 378 g/mol. The summed E-state index contributed by atoms with van der Waals surface area (Å²) < 4.78 is 5.51. The van der Waals surface area contributed by atoms with Gasteiger partial charge in [-0.25, -0.2) is 0 Å². The number of non-ortho nitro benzene ring substituents is 1. The number of nitrogens with one attached hydrogen (secondary N) is 1. The predicted molar refractivity (Wildman–Crippen MR) is 111 cm³/mol. The summed E-state index contributed by atoms with van der Waals surface area (Å²) in [7, 11) is 1.56. The van der Waals surface area contributed by atoms with E-state index in [9.17, 15) is 10.1 Å². The quantitative estimate of drug-likeness (QED) is 0.421. The lowest BCUT2D eigenvalue weighted by atomic mass is 9.76. The summed E-state index contributed by atoms with van der Waals surface area (Å²) in [6.45, 7) is 6.64. The van der Waals surface area contributed by atoms with Gasteiger partial charge < -0.3 is 10.1 Å². The van der Waals surface area contributed by atoms with Crippen LogP contribution in [0.5, 0.6) is 5.75 Å². The number of methoxy groups -OCH3 is 1. The van der Waals surface area contributed by atoms with Crippen LogP contribution in [0.3, 0.4) is 0 Å². The van der Waals surface area contributed by atoms with Crippen LogP contribution in [0.2, 0.25) is 0 Å². The molecule has 0 saturated heterocycles. The van der Waals surface area contributed by atoms with E-state index in [1.54, 1.807) is 13.2 Å². The topological polar surface area (TPSA) is 64.4 Å². The summed E-state index contributed by atoms with van der Waals surface area (Å²) in [5.41, 5.74) is 4.55. The first-order valence-electron chi connectivity index (χ1n) is 9.69. The Bertz CT molecular complexity index is 942. The van der Waals surface area contributed by atoms with Crippen LogP contribution < -0.4 is 10.1 Å². The van der Waals surface area contributed by atoms with Crippen molar-refractivity contribution in [3.63, 3.8) is 0 Å². The van der Waals surface area contributed by atoms with E-state index in [0.717, 1.165) is 17.7 Å². The van der Waals surface area contributed by atoms with E-state index in [4.69, 9.17) is 4.74 Å². The van der Waals surface area contributed by atoms with Gasteiger partial charge in [0, 0.05) is 12.0 Å². The molecule has 1 aliphatic carbocycles. The van der Waals surface area contributed by atoms with Gasteiger partial charge in [-0.2, -0.15) is 0 Å². The van der Waals surface area contributed by atoms with Gasteiger partial charge in [0.25, 0.3) is 5.69 Å². The highest BCUT2D eigenvalue weighted by Gasteiger charge is 2.40. The van der Waals surface area contributed by atoms with Crippen molar-refractivity contribution in [1.29, 1.82) is 0 Å². The summed E-state index contributed by atoms with van der Waals surface area (Å²) in [5.74, 6) is 1.01. The molecule has 2 aromatic carbocycles. The molecule has 0 amide bonds. The third kappa shape index (κ3) is 3.05. The van der Waals surface area contributed by atoms with Gasteiger partial charge in [-0.15, -0.1) is 0 Å². The van der Waals surface area contributed by atoms with Crippen molar-refractivity contribution in [2.75, 3.05) is 12.4 Å². The summed E-state index contributed by atoms with van der Waals surface area (Å²) >= 11 is 0. The third-order valence-corrected chi connectivity index (χ3v) is 5.98. The molecule has 0 unspecified atom stereocenters. The Morgan fingerprint density at radius 1 is 1.18 bits per heavy atom. The summed E-state index contributed by atoms with van der Waals surface area (Å²) in [5, 5.41) is 15.0. The highest BCUT2D eigenvalue weighted by Crippen LogP contribution is 2.53. The molecule has 0 saturated carbocycles. The zero-order valence-electron chi connectivity index (χ0n) is 16.7. The molecule has 146 valence electrons. The van der Waals surface area contributed by atoms with Gasteiger partial charge in [0.15, 0.2) is 0 Å². The molecule has 2 aliphatic rings. The molecular weight excluding hydrogens is 352 g/mol. The Labute approximate surface area is 165 Å². The van der Waals surface area contributed by atoms with Gasteiger partial charge in [0.1, 0.15) is 5.75 Å². The number of nitro benzene ring substituents is 1. The first kappa shape index (κ1) is 18.5. The summed E-state index contributed by atoms with van der Waals surface area (Å²) in [6, 6.07) is 12.2. The van der Waals surface area contributed by atoms with Gasteiger partial charge in [-0.05, 0) is 34.4 Å². The van der Waals surface area contributed by atoms with Crippen molar-refractivity contribution in [1.82, 2.24) is 0 Å². The minimum absolute atomic E-state index is 0.0735. The number of nitro groups is 1. The maximum atomic E-state index is 11.4. The largest absolute Gasteiger partial charge is 0.494 e. The molecule has 4 rings (SSSR count). The predicted octanol–water partition coefficient (Wildman–Crippen LogP) is 5.73. The molecule has 0 spiro atoms. The molecular formula is C23H26N2O3. The van der Waals surface area contributed by atoms with Crippen LogP contribution in [0.1, 0.15) is 55.8 Å². The molecule has 5 nitrogen and oxygen atoms in total. The summed E-state index contributed by atoms with van der Waals surface area (Å²) in [4.78, 5) is 11.0. The van der Waals surface area contributed by atoms with Crippen LogP contribution >= 0.6 is 0 Å². The highest BCUT2D eigenvalue weighted by atomic mass is 16.6. The number of hydrogen-bond donors (Lipinski definition) is 1. The standard InChI is InChI=1S/C23H26N2O3/c1-23(2,3)15-10-8-14(9-11-15)21-18-7-5-6-17(18)19-12-16(25(26)27)13-20(28-4)22(19)24-21/h5-6,8-13,17-18,21,24H,7H2,1-4H3/t17-,18-,21-/m1/s1. The van der Waals surface area contributed by atoms with E-state index >= 15 is 0 Å². The number of allylic oxidation sites excluding steroid dienone is 2. The van der Waals surface area contributed by atoms with E-state index < -0.39 is 0 Å². The molecule has 1 heterocycles. The van der Waals surface area contributed by atoms with Crippen LogP contribution in [0, 0.1) is 16.0 Å². The van der Waals surface area contributed by atoms with E-state index in [-0.39, 0.29) is 28.0 Å². The van der Waals surface area contributed by atoms with Crippen molar-refractivity contribution < 1.29 is 9.66 Å². The maximum absolute atomic E-state index is 11.4. The van der Waals surface area contributed by atoms with E-state index in [2.05, 4.69) is 62.5 Å². The van der Waals surface area contributed by atoms with Crippen LogP contribution in [-0.2, 0) is 5.41 Å². The van der Waals surface area contributed by atoms with E-state index in [1.165, 1.54) is 17.2 Å². The fourth-order valence-corrected chi connectivity index (χ4v) is 4.44. The zero-order valence-corrected chi connectivity index (χ0v) is 16.7. The SMILES string of the molecule is COc1cc([N+](=O)[O-])cc2c1N[C@H](c1ccc(C(C)(C)C)cc1)[C@@H]1CC=C[C@@H]21. The third-order valence-electron chi connectivity index (χ3n) is 5.98. The van der Waals surface area contributed by atoms with Gasteiger partial charge in [0.05, 0.1) is 29.8 Å². The maximum Gasteiger partial charge on any atom is 0.273 e. The Morgan fingerprint density at radius 3 is 2.50 bits per heavy atom. The van der Waals surface area contributed by atoms with Crippen molar-refractivity contribution in [3.05, 3.63) is 75.4 Å². The Hall–Kier alpha value is -2.82. The Morgan fingerprint density at radius 2 is 1.89 bits per heavy atom. The van der Waals surface area contributed by atoms with Crippen molar-refractivity contribution in [2.45, 2.75) is 44.6 Å². The second-order valence-electron chi connectivity index (χ2n) is 8.72. The van der Waals surface area contributed by atoms with Crippen molar-refractivity contribution in [2.24, 2.45) is 5.92 Å². The van der Waals surface area contributed by atoms with Crippen molar-refractivity contribution >= 4 is 11.4 Å². The molecule has 2 aromatic rings. The average molecular weight is 378 g/mol. The molecule has 0 radical (unpaired) electrons. The minimum Gasteiger partial charge on any atom is -0.494 e. The number of hydrogen-bond acceptors (Lipinski definition) is 4. The van der Waals surface area contributed by atoms with Crippen LogP contribution in [0.25, 0.3) is 0 Å². The van der Waals surface area contributed by atoms with Crippen molar-refractivity contribution in [3.8, 4) is 5.75 Å². The second kappa shape index (κ2) is 6.66. The molecule has 1 aliphatic heterocycles. The number of ether oxygens (including phenoxy) is 1. The lowest BCUT2D eigenvalue weighted by Gasteiger charge is -2.38. The number of anilines is 1. The van der Waals surface area contributed by atoms with E-state index in [1.807, 2.05) is 0 Å². The molecule has 28 heavy (non-hydrogen) atoms. The van der Waals surface area contributed by atoms with Crippen LogP contribution in [0.4, 0.5) is 11.4 Å². The second-order valence-corrected chi connectivity index (χ2v) is 8.72. The molecule has 0 aromatic heterocycles. The molecule has 0 bridgehead atoms. The number of benzene rings is 2. The molecule has 5 heteroatoms. The molecule has 3 atom stereocenters. The zero-order chi connectivity index (χ0) is 20.1. The van der Waals surface area contributed by atoms with Gasteiger partial charge in [-0.1, -0.05) is 57.2 Å². The number of rotatable bonds is 3. The lowest BCUT2D eigenvalue weighted by molar-refractivity contribution is -0.385. The average Bonchev–Trinajstić information content (AvgIpc) is 3.16. The number of nitrogens with zero attached hydrogens (tertiary/aromatic N) is 1. The Balaban J connectivity index is 1.77. The normalized spacial score (nSPS) is 22.9.